The summed E-state index contributed by atoms with van der Waals surface area (Å²) in [6.07, 6.45) is -0.659. The van der Waals surface area contributed by atoms with Crippen LogP contribution in [0.3, 0.4) is 0 Å². The SMILES string of the molecule is CC(C)(C#CC1CCCC1)Oc1cc(C(=O)Oc2ccccc2)ccc1OC(F)(F)F. The molecule has 0 aromatic heterocycles. The predicted molar refractivity (Wildman–Crippen MR) is 109 cm³/mol. The molecule has 0 unspecified atom stereocenters. The van der Waals surface area contributed by atoms with Gasteiger partial charge >= 0.3 is 12.3 Å². The number of carbonyl (C=O) groups excluding carboxylic acids is 1. The summed E-state index contributed by atoms with van der Waals surface area (Å²) >= 11 is 0. The van der Waals surface area contributed by atoms with E-state index in [1.165, 1.54) is 12.1 Å². The molecule has 1 aliphatic rings. The van der Waals surface area contributed by atoms with Crippen molar-refractivity contribution in [1.82, 2.24) is 0 Å². The lowest BCUT2D eigenvalue weighted by molar-refractivity contribution is -0.275. The molecule has 0 aliphatic heterocycles. The Morgan fingerprint density at radius 3 is 2.29 bits per heavy atom. The second kappa shape index (κ2) is 9.34. The molecule has 0 amide bonds. The molecule has 7 heteroatoms. The first-order chi connectivity index (χ1) is 14.6. The van der Waals surface area contributed by atoms with E-state index in [-0.39, 0.29) is 17.2 Å². The quantitative estimate of drug-likeness (QED) is 0.323. The van der Waals surface area contributed by atoms with Crippen molar-refractivity contribution in [3.05, 3.63) is 54.1 Å². The van der Waals surface area contributed by atoms with Crippen LogP contribution in [0.2, 0.25) is 0 Å². The van der Waals surface area contributed by atoms with E-state index in [0.29, 0.717) is 5.75 Å². The van der Waals surface area contributed by atoms with E-state index < -0.39 is 23.7 Å². The van der Waals surface area contributed by atoms with Crippen LogP contribution in [0.15, 0.2) is 48.5 Å². The van der Waals surface area contributed by atoms with Crippen molar-refractivity contribution in [2.75, 3.05) is 0 Å². The van der Waals surface area contributed by atoms with E-state index in [4.69, 9.17) is 9.47 Å². The zero-order valence-electron chi connectivity index (χ0n) is 17.3. The highest BCUT2D eigenvalue weighted by atomic mass is 19.4. The predicted octanol–water partition coefficient (Wildman–Crippen LogP) is 6.16. The van der Waals surface area contributed by atoms with E-state index in [1.54, 1.807) is 44.2 Å². The summed E-state index contributed by atoms with van der Waals surface area (Å²) in [5.41, 5.74) is -1.07. The first kappa shape index (κ1) is 22.5. The Kier molecular flexibility index (Phi) is 6.79. The maximum absolute atomic E-state index is 12.9. The van der Waals surface area contributed by atoms with Gasteiger partial charge < -0.3 is 14.2 Å². The van der Waals surface area contributed by atoms with Crippen molar-refractivity contribution in [3.63, 3.8) is 0 Å². The lowest BCUT2D eigenvalue weighted by Gasteiger charge is -2.23. The Morgan fingerprint density at radius 1 is 0.968 bits per heavy atom. The number of hydrogen-bond acceptors (Lipinski definition) is 4. The van der Waals surface area contributed by atoms with Crippen LogP contribution in [0.4, 0.5) is 13.2 Å². The zero-order chi connectivity index (χ0) is 22.5. The topological polar surface area (TPSA) is 44.8 Å². The number of alkyl halides is 3. The van der Waals surface area contributed by atoms with E-state index in [2.05, 4.69) is 16.6 Å². The fraction of sp³-hybridized carbons (Fsp3) is 0.375. The minimum absolute atomic E-state index is 0.0212. The van der Waals surface area contributed by atoms with E-state index >= 15 is 0 Å². The van der Waals surface area contributed by atoms with Gasteiger partial charge in [0.2, 0.25) is 0 Å². The number of halogens is 3. The first-order valence-corrected chi connectivity index (χ1v) is 10.00. The monoisotopic (exact) mass is 432 g/mol. The van der Waals surface area contributed by atoms with Gasteiger partial charge in [-0.1, -0.05) is 42.9 Å². The van der Waals surface area contributed by atoms with Gasteiger partial charge in [0.1, 0.15) is 5.75 Å². The average Bonchev–Trinajstić information content (AvgIpc) is 3.21. The second-order valence-corrected chi connectivity index (χ2v) is 7.77. The second-order valence-electron chi connectivity index (χ2n) is 7.77. The molecule has 2 aromatic rings. The van der Waals surface area contributed by atoms with Crippen molar-refractivity contribution in [3.8, 4) is 29.1 Å². The molecule has 0 radical (unpaired) electrons. The third-order valence-electron chi connectivity index (χ3n) is 4.66. The Labute approximate surface area is 179 Å². The fourth-order valence-corrected chi connectivity index (χ4v) is 3.22. The van der Waals surface area contributed by atoms with Gasteiger partial charge in [0.25, 0.3) is 0 Å². The number of ether oxygens (including phenoxy) is 3. The molecule has 3 rings (SSSR count). The van der Waals surface area contributed by atoms with Gasteiger partial charge in [0.15, 0.2) is 17.1 Å². The van der Waals surface area contributed by atoms with Crippen molar-refractivity contribution >= 4 is 5.97 Å². The van der Waals surface area contributed by atoms with Crippen LogP contribution in [0, 0.1) is 17.8 Å². The molecule has 4 nitrogen and oxygen atoms in total. The Balaban J connectivity index is 1.85. The van der Waals surface area contributed by atoms with Crippen molar-refractivity contribution in [1.29, 1.82) is 0 Å². The van der Waals surface area contributed by atoms with Gasteiger partial charge in [-0.15, -0.1) is 13.2 Å². The number of rotatable bonds is 5. The van der Waals surface area contributed by atoms with Crippen LogP contribution in [-0.4, -0.2) is 17.9 Å². The summed E-state index contributed by atoms with van der Waals surface area (Å²) in [6, 6.07) is 11.7. The number of carbonyl (C=O) groups is 1. The maximum atomic E-state index is 12.9. The Bertz CT molecular complexity index is 966. The normalized spacial score (nSPS) is 14.5. The standard InChI is InChI=1S/C24H23F3O4/c1-23(2,15-14-17-8-6-7-9-17)30-21-16-18(12-13-20(21)31-24(25,26)27)22(28)29-19-10-4-3-5-11-19/h3-5,10-13,16-17H,6-9H2,1-2H3. The molecule has 0 spiro atoms. The van der Waals surface area contributed by atoms with Gasteiger partial charge in [-0.3, -0.25) is 0 Å². The van der Waals surface area contributed by atoms with Crippen LogP contribution in [0.25, 0.3) is 0 Å². The van der Waals surface area contributed by atoms with Crippen LogP contribution in [0.5, 0.6) is 17.2 Å². The molecule has 0 N–H and O–H groups in total. The van der Waals surface area contributed by atoms with Crippen molar-refractivity contribution < 1.29 is 32.2 Å². The Morgan fingerprint density at radius 2 is 1.65 bits per heavy atom. The molecule has 2 aromatic carbocycles. The molecule has 164 valence electrons. The molecule has 1 fully saturated rings. The molecule has 0 saturated heterocycles. The maximum Gasteiger partial charge on any atom is 0.573 e. The summed E-state index contributed by atoms with van der Waals surface area (Å²) < 4.78 is 53.7. The van der Waals surface area contributed by atoms with Crippen LogP contribution >= 0.6 is 0 Å². The van der Waals surface area contributed by atoms with Crippen LogP contribution in [-0.2, 0) is 0 Å². The van der Waals surface area contributed by atoms with Gasteiger partial charge in [0, 0.05) is 5.92 Å². The number of esters is 1. The summed E-state index contributed by atoms with van der Waals surface area (Å²) in [5.74, 6) is 5.20. The zero-order valence-corrected chi connectivity index (χ0v) is 17.3. The molecule has 0 bridgehead atoms. The third-order valence-corrected chi connectivity index (χ3v) is 4.66. The summed E-state index contributed by atoms with van der Waals surface area (Å²) in [4.78, 5) is 12.5. The van der Waals surface area contributed by atoms with E-state index in [9.17, 15) is 18.0 Å². The highest BCUT2D eigenvalue weighted by Crippen LogP contribution is 2.35. The number of hydrogen-bond donors (Lipinski definition) is 0. The largest absolute Gasteiger partial charge is 0.573 e. The van der Waals surface area contributed by atoms with Gasteiger partial charge in [-0.05, 0) is 57.0 Å². The molecule has 31 heavy (non-hydrogen) atoms. The molecular formula is C24H23F3O4. The molecule has 1 saturated carbocycles. The van der Waals surface area contributed by atoms with Crippen molar-refractivity contribution in [2.45, 2.75) is 51.5 Å². The lowest BCUT2D eigenvalue weighted by atomic mass is 10.1. The fourth-order valence-electron chi connectivity index (χ4n) is 3.22. The van der Waals surface area contributed by atoms with E-state index in [0.717, 1.165) is 31.7 Å². The minimum Gasteiger partial charge on any atom is -0.471 e. The minimum atomic E-state index is -4.91. The van der Waals surface area contributed by atoms with Crippen molar-refractivity contribution in [2.24, 2.45) is 5.92 Å². The van der Waals surface area contributed by atoms with Crippen LogP contribution in [0.1, 0.15) is 49.9 Å². The molecule has 0 atom stereocenters. The molecule has 0 heterocycles. The molecular weight excluding hydrogens is 409 g/mol. The van der Waals surface area contributed by atoms with Gasteiger partial charge in [0.05, 0.1) is 5.56 Å². The van der Waals surface area contributed by atoms with Gasteiger partial charge in [-0.2, -0.15) is 0 Å². The van der Waals surface area contributed by atoms with E-state index in [1.807, 2.05) is 0 Å². The first-order valence-electron chi connectivity index (χ1n) is 10.00. The third kappa shape index (κ3) is 6.95. The summed E-state index contributed by atoms with van der Waals surface area (Å²) in [7, 11) is 0. The Hall–Kier alpha value is -3.14. The number of para-hydroxylation sites is 1. The highest BCUT2D eigenvalue weighted by molar-refractivity contribution is 5.91. The number of benzene rings is 2. The summed E-state index contributed by atoms with van der Waals surface area (Å²) in [5, 5.41) is 0. The summed E-state index contributed by atoms with van der Waals surface area (Å²) in [6.45, 7) is 3.31. The lowest BCUT2D eigenvalue weighted by Crippen LogP contribution is -2.27. The smallest absolute Gasteiger partial charge is 0.471 e. The average molecular weight is 432 g/mol. The van der Waals surface area contributed by atoms with Gasteiger partial charge in [-0.25, -0.2) is 4.79 Å². The van der Waals surface area contributed by atoms with Crippen LogP contribution < -0.4 is 14.2 Å². The highest BCUT2D eigenvalue weighted by Gasteiger charge is 2.33. The molecule has 1 aliphatic carbocycles.